The summed E-state index contributed by atoms with van der Waals surface area (Å²) in [5.41, 5.74) is 2.28. The molecule has 2 aromatic heterocycles. The first kappa shape index (κ1) is 18.1. The molecule has 2 fully saturated rings. The van der Waals surface area contributed by atoms with Crippen molar-refractivity contribution in [2.75, 3.05) is 68.8 Å². The van der Waals surface area contributed by atoms with E-state index in [1.54, 1.807) is 0 Å². The normalized spacial score (nSPS) is 18.7. The van der Waals surface area contributed by atoms with Crippen LogP contribution in [0.5, 0.6) is 0 Å². The van der Waals surface area contributed by atoms with E-state index in [0.717, 1.165) is 82.8 Å². The first-order chi connectivity index (χ1) is 13.3. The summed E-state index contributed by atoms with van der Waals surface area (Å²) in [5.74, 6) is 1.93. The Hall–Kier alpha value is -2.25. The minimum Gasteiger partial charge on any atom is -0.378 e. The molecule has 2 aromatic rings. The van der Waals surface area contributed by atoms with Crippen molar-refractivity contribution < 1.29 is 4.74 Å². The fraction of sp³-hybridized carbons (Fsp3) is 0.550. The number of pyridine rings is 1. The van der Waals surface area contributed by atoms with Gasteiger partial charge in [0.25, 0.3) is 0 Å². The van der Waals surface area contributed by atoms with Crippen molar-refractivity contribution >= 4 is 11.6 Å². The summed E-state index contributed by atoms with van der Waals surface area (Å²) < 4.78 is 5.40. The molecular formula is C20H28N6O. The molecule has 0 unspecified atom stereocenters. The van der Waals surface area contributed by atoms with Crippen LogP contribution in [0.25, 0.3) is 0 Å². The highest BCUT2D eigenvalue weighted by atomic mass is 16.5. The first-order valence-corrected chi connectivity index (χ1v) is 9.84. The van der Waals surface area contributed by atoms with E-state index in [4.69, 9.17) is 4.74 Å². The zero-order valence-electron chi connectivity index (χ0n) is 16.0. The fourth-order valence-corrected chi connectivity index (χ4v) is 3.66. The van der Waals surface area contributed by atoms with Crippen LogP contribution in [-0.4, -0.2) is 79.1 Å². The van der Waals surface area contributed by atoms with E-state index in [1.807, 2.05) is 13.0 Å². The molecule has 7 nitrogen and oxygen atoms in total. The molecule has 4 heterocycles. The number of ether oxygens (including phenoxy) is 1. The lowest BCUT2D eigenvalue weighted by Gasteiger charge is -2.35. The summed E-state index contributed by atoms with van der Waals surface area (Å²) in [5, 5.41) is 8.91. The van der Waals surface area contributed by atoms with Gasteiger partial charge in [0.15, 0.2) is 11.6 Å². The standard InChI is InChI=1S/C20H28N6O/c1-17-3-2-4-18(21-17)7-8-24-9-11-25(12-10-24)19-5-6-20(23-22-19)26-13-15-27-16-14-26/h2-6H,7-16H2,1H3. The van der Waals surface area contributed by atoms with E-state index in [-0.39, 0.29) is 0 Å². The summed E-state index contributed by atoms with van der Waals surface area (Å²) in [6.07, 6.45) is 1.01. The molecule has 2 aliphatic heterocycles. The third-order valence-corrected chi connectivity index (χ3v) is 5.30. The monoisotopic (exact) mass is 368 g/mol. The Kier molecular flexibility index (Phi) is 5.79. The Bertz CT molecular complexity index is 724. The average Bonchev–Trinajstić information content (AvgIpc) is 2.74. The number of rotatable bonds is 5. The van der Waals surface area contributed by atoms with Gasteiger partial charge < -0.3 is 14.5 Å². The van der Waals surface area contributed by atoms with Crippen LogP contribution < -0.4 is 9.80 Å². The summed E-state index contributed by atoms with van der Waals surface area (Å²) in [6, 6.07) is 10.4. The molecule has 4 rings (SSSR count). The number of nitrogens with zero attached hydrogens (tertiary/aromatic N) is 6. The maximum absolute atomic E-state index is 5.40. The molecule has 2 saturated heterocycles. The maximum Gasteiger partial charge on any atom is 0.151 e. The van der Waals surface area contributed by atoms with Crippen LogP contribution in [0.3, 0.4) is 0 Å². The highest BCUT2D eigenvalue weighted by molar-refractivity contribution is 5.45. The van der Waals surface area contributed by atoms with Crippen LogP contribution in [0.4, 0.5) is 11.6 Å². The quantitative estimate of drug-likeness (QED) is 0.790. The molecule has 2 aliphatic rings. The smallest absolute Gasteiger partial charge is 0.151 e. The van der Waals surface area contributed by atoms with Crippen molar-refractivity contribution in [3.8, 4) is 0 Å². The van der Waals surface area contributed by atoms with Crippen LogP contribution in [0, 0.1) is 6.92 Å². The predicted molar refractivity (Wildman–Crippen MR) is 106 cm³/mol. The van der Waals surface area contributed by atoms with Crippen LogP contribution in [-0.2, 0) is 11.2 Å². The van der Waals surface area contributed by atoms with Gasteiger partial charge in [-0.1, -0.05) is 6.07 Å². The van der Waals surface area contributed by atoms with E-state index in [0.29, 0.717) is 0 Å². The second kappa shape index (κ2) is 8.63. The number of hydrogen-bond donors (Lipinski definition) is 0. The number of morpholine rings is 1. The minimum absolute atomic E-state index is 0.767. The SMILES string of the molecule is Cc1cccc(CCN2CCN(c3ccc(N4CCOCC4)nn3)CC2)n1. The second-order valence-electron chi connectivity index (χ2n) is 7.20. The number of aryl methyl sites for hydroxylation is 1. The van der Waals surface area contributed by atoms with Gasteiger partial charge in [0.05, 0.1) is 13.2 Å². The van der Waals surface area contributed by atoms with Gasteiger partial charge in [-0.05, 0) is 31.2 Å². The van der Waals surface area contributed by atoms with Crippen LogP contribution in [0.1, 0.15) is 11.4 Å². The van der Waals surface area contributed by atoms with Gasteiger partial charge in [-0.3, -0.25) is 9.88 Å². The highest BCUT2D eigenvalue weighted by Crippen LogP contribution is 2.17. The molecule has 0 radical (unpaired) electrons. The number of piperazine rings is 1. The molecule has 0 atom stereocenters. The lowest BCUT2D eigenvalue weighted by molar-refractivity contribution is 0.122. The van der Waals surface area contributed by atoms with E-state index in [2.05, 4.69) is 54.1 Å². The largest absolute Gasteiger partial charge is 0.378 e. The van der Waals surface area contributed by atoms with Gasteiger partial charge in [0.1, 0.15) is 0 Å². The first-order valence-electron chi connectivity index (χ1n) is 9.84. The molecule has 144 valence electrons. The molecule has 27 heavy (non-hydrogen) atoms. The molecule has 0 N–H and O–H groups in total. The van der Waals surface area contributed by atoms with Crippen LogP contribution in [0.2, 0.25) is 0 Å². The summed E-state index contributed by atoms with van der Waals surface area (Å²) >= 11 is 0. The Morgan fingerprint density at radius 1 is 0.852 bits per heavy atom. The fourth-order valence-electron chi connectivity index (χ4n) is 3.66. The Balaban J connectivity index is 1.26. The molecule has 0 spiro atoms. The lowest BCUT2D eigenvalue weighted by Crippen LogP contribution is -2.47. The molecule has 0 aliphatic carbocycles. The Morgan fingerprint density at radius 2 is 1.52 bits per heavy atom. The molecule has 7 heteroatoms. The number of aromatic nitrogens is 3. The van der Waals surface area contributed by atoms with Crippen molar-refractivity contribution in [3.63, 3.8) is 0 Å². The summed E-state index contributed by atoms with van der Waals surface area (Å²) in [4.78, 5) is 11.7. The van der Waals surface area contributed by atoms with Crippen molar-refractivity contribution in [1.82, 2.24) is 20.1 Å². The van der Waals surface area contributed by atoms with Gasteiger partial charge in [0.2, 0.25) is 0 Å². The third-order valence-electron chi connectivity index (χ3n) is 5.30. The van der Waals surface area contributed by atoms with Gasteiger partial charge in [0, 0.05) is 63.6 Å². The third kappa shape index (κ3) is 4.73. The van der Waals surface area contributed by atoms with Gasteiger partial charge in [-0.2, -0.15) is 0 Å². The lowest BCUT2D eigenvalue weighted by atomic mass is 10.2. The Morgan fingerprint density at radius 3 is 2.15 bits per heavy atom. The summed E-state index contributed by atoms with van der Waals surface area (Å²) in [7, 11) is 0. The topological polar surface area (TPSA) is 57.6 Å². The van der Waals surface area contributed by atoms with Crippen molar-refractivity contribution in [1.29, 1.82) is 0 Å². The van der Waals surface area contributed by atoms with Crippen LogP contribution in [0.15, 0.2) is 30.3 Å². The van der Waals surface area contributed by atoms with E-state index >= 15 is 0 Å². The number of hydrogen-bond acceptors (Lipinski definition) is 7. The van der Waals surface area contributed by atoms with Gasteiger partial charge in [-0.25, -0.2) is 0 Å². The van der Waals surface area contributed by atoms with E-state index in [1.165, 1.54) is 5.69 Å². The van der Waals surface area contributed by atoms with Crippen molar-refractivity contribution in [3.05, 3.63) is 41.7 Å². The molecule has 0 amide bonds. The zero-order chi connectivity index (χ0) is 18.5. The highest BCUT2D eigenvalue weighted by Gasteiger charge is 2.19. The van der Waals surface area contributed by atoms with Crippen LogP contribution >= 0.6 is 0 Å². The second-order valence-corrected chi connectivity index (χ2v) is 7.20. The van der Waals surface area contributed by atoms with E-state index < -0.39 is 0 Å². The van der Waals surface area contributed by atoms with Gasteiger partial charge in [-0.15, -0.1) is 10.2 Å². The van der Waals surface area contributed by atoms with Crippen molar-refractivity contribution in [2.45, 2.75) is 13.3 Å². The molecule has 0 bridgehead atoms. The molecule has 0 saturated carbocycles. The average molecular weight is 368 g/mol. The maximum atomic E-state index is 5.40. The Labute approximate surface area is 161 Å². The number of anilines is 2. The predicted octanol–water partition coefficient (Wildman–Crippen LogP) is 1.38. The zero-order valence-corrected chi connectivity index (χ0v) is 16.0. The van der Waals surface area contributed by atoms with E-state index in [9.17, 15) is 0 Å². The molecular weight excluding hydrogens is 340 g/mol. The van der Waals surface area contributed by atoms with Crippen molar-refractivity contribution in [2.24, 2.45) is 0 Å². The molecule has 0 aromatic carbocycles. The summed E-state index contributed by atoms with van der Waals surface area (Å²) in [6.45, 7) is 10.5. The minimum atomic E-state index is 0.767. The van der Waals surface area contributed by atoms with Gasteiger partial charge >= 0.3 is 0 Å².